The molecule has 0 bridgehead atoms. The molecule has 52 valence electrons. The maximum Gasteiger partial charge on any atom is 0.305 e. The van der Waals surface area contributed by atoms with Crippen LogP contribution in [0.3, 0.4) is 0 Å². The molecule has 0 radical (unpaired) electrons. The van der Waals surface area contributed by atoms with Crippen molar-refractivity contribution in [1.82, 2.24) is 0 Å². The van der Waals surface area contributed by atoms with Gasteiger partial charge in [0.2, 0.25) is 0 Å². The summed E-state index contributed by atoms with van der Waals surface area (Å²) >= 11 is 0. The zero-order valence-electron chi connectivity index (χ0n) is 6.14. The molecular formula is C6H13BO2. The summed E-state index contributed by atoms with van der Waals surface area (Å²) in [6.45, 7) is 2.33. The fourth-order valence-electron chi connectivity index (χ4n) is 0.554. The van der Waals surface area contributed by atoms with Crippen molar-refractivity contribution in [1.29, 1.82) is 0 Å². The minimum absolute atomic E-state index is 0.0700. The lowest BCUT2D eigenvalue weighted by atomic mass is 10.0. The lowest BCUT2D eigenvalue weighted by molar-refractivity contribution is -0.143. The topological polar surface area (TPSA) is 26.3 Å². The first-order valence-electron chi connectivity index (χ1n) is 3.46. The fourth-order valence-corrected chi connectivity index (χ4v) is 0.554. The van der Waals surface area contributed by atoms with Gasteiger partial charge in [-0.3, -0.25) is 4.79 Å². The Balaban J connectivity index is 3.06. The zero-order chi connectivity index (χ0) is 7.11. The predicted octanol–water partition coefficient (Wildman–Crippen LogP) is 0.381. The van der Waals surface area contributed by atoms with E-state index in [2.05, 4.69) is 7.85 Å². The Morgan fingerprint density at radius 2 is 2.33 bits per heavy atom. The Morgan fingerprint density at radius 3 is 2.78 bits per heavy atom. The Labute approximate surface area is 57.0 Å². The van der Waals surface area contributed by atoms with Gasteiger partial charge in [-0.2, -0.15) is 0 Å². The largest absolute Gasteiger partial charge is 0.466 e. The van der Waals surface area contributed by atoms with Crippen molar-refractivity contribution in [3.8, 4) is 0 Å². The van der Waals surface area contributed by atoms with Gasteiger partial charge in [0.25, 0.3) is 0 Å². The number of ether oxygens (including phenoxy) is 1. The molecule has 3 heteroatoms. The fraction of sp³-hybridized carbons (Fsp3) is 0.833. The summed E-state index contributed by atoms with van der Waals surface area (Å²) < 4.78 is 4.70. The van der Waals surface area contributed by atoms with Crippen molar-refractivity contribution in [2.75, 3.05) is 6.61 Å². The van der Waals surface area contributed by atoms with E-state index in [0.717, 1.165) is 12.7 Å². The van der Waals surface area contributed by atoms with Gasteiger partial charge in [-0.1, -0.05) is 6.32 Å². The first-order valence-corrected chi connectivity index (χ1v) is 3.46. The molecule has 0 saturated heterocycles. The van der Waals surface area contributed by atoms with Crippen molar-refractivity contribution in [2.24, 2.45) is 0 Å². The molecule has 0 spiro atoms. The van der Waals surface area contributed by atoms with E-state index >= 15 is 0 Å². The quantitative estimate of drug-likeness (QED) is 0.404. The Hall–Kier alpha value is -0.465. The number of carbonyl (C=O) groups is 1. The van der Waals surface area contributed by atoms with Gasteiger partial charge in [0.15, 0.2) is 0 Å². The highest BCUT2D eigenvalue weighted by atomic mass is 16.5. The first kappa shape index (κ1) is 8.53. The molecule has 0 amide bonds. The second-order valence-corrected chi connectivity index (χ2v) is 1.91. The van der Waals surface area contributed by atoms with Crippen LogP contribution in [0.15, 0.2) is 0 Å². The van der Waals surface area contributed by atoms with Gasteiger partial charge < -0.3 is 4.74 Å². The SMILES string of the molecule is BCCCC(=O)OCC. The van der Waals surface area contributed by atoms with Gasteiger partial charge in [-0.05, 0) is 13.3 Å². The number of hydrogen-bond acceptors (Lipinski definition) is 2. The predicted molar refractivity (Wildman–Crippen MR) is 39.2 cm³/mol. The van der Waals surface area contributed by atoms with Crippen LogP contribution in [0.5, 0.6) is 0 Å². The van der Waals surface area contributed by atoms with Crippen LogP contribution >= 0.6 is 0 Å². The van der Waals surface area contributed by atoms with Crippen LogP contribution in [0.25, 0.3) is 0 Å². The highest BCUT2D eigenvalue weighted by molar-refractivity contribution is 6.08. The maximum absolute atomic E-state index is 10.6. The summed E-state index contributed by atoms with van der Waals surface area (Å²) in [7, 11) is 2.05. The molecule has 0 saturated carbocycles. The zero-order valence-corrected chi connectivity index (χ0v) is 6.14. The lowest BCUT2D eigenvalue weighted by Crippen LogP contribution is -2.02. The molecule has 0 atom stereocenters. The highest BCUT2D eigenvalue weighted by Crippen LogP contribution is 1.94. The minimum atomic E-state index is -0.0700. The van der Waals surface area contributed by atoms with E-state index in [0.29, 0.717) is 13.0 Å². The smallest absolute Gasteiger partial charge is 0.305 e. The number of rotatable bonds is 4. The Bertz CT molecular complexity index is 83.1. The van der Waals surface area contributed by atoms with E-state index in [4.69, 9.17) is 4.74 Å². The van der Waals surface area contributed by atoms with Gasteiger partial charge in [-0.15, -0.1) is 0 Å². The van der Waals surface area contributed by atoms with Crippen LogP contribution in [0.1, 0.15) is 19.8 Å². The van der Waals surface area contributed by atoms with E-state index in [1.807, 2.05) is 6.92 Å². The van der Waals surface area contributed by atoms with Gasteiger partial charge in [0.1, 0.15) is 7.85 Å². The molecule has 0 rings (SSSR count). The summed E-state index contributed by atoms with van der Waals surface area (Å²) in [6.07, 6.45) is 2.57. The molecule has 0 N–H and O–H groups in total. The summed E-state index contributed by atoms with van der Waals surface area (Å²) in [5, 5.41) is 0. The summed E-state index contributed by atoms with van der Waals surface area (Å²) in [4.78, 5) is 10.6. The normalized spacial score (nSPS) is 9.00. The average molecular weight is 128 g/mol. The number of esters is 1. The van der Waals surface area contributed by atoms with Crippen LogP contribution in [0, 0.1) is 0 Å². The minimum Gasteiger partial charge on any atom is -0.466 e. The molecule has 0 heterocycles. The van der Waals surface area contributed by atoms with Crippen molar-refractivity contribution in [3.63, 3.8) is 0 Å². The molecule has 0 aromatic rings. The summed E-state index contributed by atoms with van der Waals surface area (Å²) in [6, 6.07) is 0. The number of carbonyl (C=O) groups excluding carboxylic acids is 1. The molecule has 9 heavy (non-hydrogen) atoms. The van der Waals surface area contributed by atoms with Crippen LogP contribution < -0.4 is 0 Å². The second kappa shape index (κ2) is 5.67. The van der Waals surface area contributed by atoms with Crippen LogP contribution in [-0.4, -0.2) is 20.4 Å². The average Bonchev–Trinajstić information content (AvgIpc) is 1.85. The molecular weight excluding hydrogens is 115 g/mol. The van der Waals surface area contributed by atoms with E-state index in [9.17, 15) is 4.79 Å². The molecule has 0 fully saturated rings. The molecule has 0 aliphatic heterocycles. The summed E-state index contributed by atoms with van der Waals surface area (Å²) in [5.74, 6) is -0.0700. The standard InChI is InChI=1S/C6H13BO2/c1-2-9-6(8)4-3-5-7/h2-5,7H2,1H3. The third kappa shape index (κ3) is 5.41. The van der Waals surface area contributed by atoms with E-state index in [-0.39, 0.29) is 5.97 Å². The van der Waals surface area contributed by atoms with Crippen molar-refractivity contribution in [3.05, 3.63) is 0 Å². The third-order valence-corrected chi connectivity index (χ3v) is 1.04. The van der Waals surface area contributed by atoms with Crippen LogP contribution in [0.4, 0.5) is 0 Å². The lowest BCUT2D eigenvalue weighted by Gasteiger charge is -1.97. The monoisotopic (exact) mass is 128 g/mol. The van der Waals surface area contributed by atoms with E-state index < -0.39 is 0 Å². The Morgan fingerprint density at radius 1 is 1.67 bits per heavy atom. The van der Waals surface area contributed by atoms with Crippen molar-refractivity contribution < 1.29 is 9.53 Å². The third-order valence-electron chi connectivity index (χ3n) is 1.04. The first-order chi connectivity index (χ1) is 4.31. The molecule has 0 aromatic carbocycles. The Kier molecular flexibility index (Phi) is 5.37. The van der Waals surface area contributed by atoms with E-state index in [1.165, 1.54) is 0 Å². The van der Waals surface area contributed by atoms with Gasteiger partial charge in [-0.25, -0.2) is 0 Å². The van der Waals surface area contributed by atoms with Crippen LogP contribution in [-0.2, 0) is 9.53 Å². The van der Waals surface area contributed by atoms with Crippen molar-refractivity contribution in [2.45, 2.75) is 26.1 Å². The second-order valence-electron chi connectivity index (χ2n) is 1.91. The molecule has 0 aliphatic rings. The van der Waals surface area contributed by atoms with Gasteiger partial charge in [0, 0.05) is 6.42 Å². The van der Waals surface area contributed by atoms with Crippen molar-refractivity contribution >= 4 is 13.8 Å². The molecule has 2 nitrogen and oxygen atoms in total. The van der Waals surface area contributed by atoms with Gasteiger partial charge in [0.05, 0.1) is 6.61 Å². The number of hydrogen-bond donors (Lipinski definition) is 0. The summed E-state index contributed by atoms with van der Waals surface area (Å²) in [5.41, 5.74) is 0. The highest BCUT2D eigenvalue weighted by Gasteiger charge is 1.97. The molecule has 0 aromatic heterocycles. The molecule has 0 unspecified atom stereocenters. The maximum atomic E-state index is 10.6. The van der Waals surface area contributed by atoms with Crippen LogP contribution in [0.2, 0.25) is 6.32 Å². The molecule has 0 aliphatic carbocycles. The van der Waals surface area contributed by atoms with Gasteiger partial charge >= 0.3 is 5.97 Å². The van der Waals surface area contributed by atoms with E-state index in [1.54, 1.807) is 0 Å².